The minimum absolute atomic E-state index is 0.0166. The lowest BCUT2D eigenvalue weighted by Crippen LogP contribution is -2.87. The van der Waals surface area contributed by atoms with Gasteiger partial charge in [0.15, 0.2) is 0 Å². The fraction of sp³-hybridized carbons (Fsp3) is 0.429. The fourth-order valence-electron chi connectivity index (χ4n) is 11.4. The molecule has 9 rings (SSSR count). The molecule has 4 aliphatic carbocycles. The molecule has 2 atom stereocenters. The first kappa shape index (κ1) is 32.1. The van der Waals surface area contributed by atoms with Gasteiger partial charge >= 0.3 is 0 Å². The monoisotopic (exact) mass is 657 g/mol. The Labute approximate surface area is 301 Å². The second-order valence-corrected chi connectivity index (χ2v) is 19.6. The van der Waals surface area contributed by atoms with Crippen LogP contribution in [0.5, 0.6) is 0 Å². The molecule has 4 aliphatic rings. The molecule has 1 heteroatoms. The van der Waals surface area contributed by atoms with E-state index in [1.54, 1.807) is 5.56 Å². The lowest BCUT2D eigenvalue weighted by Gasteiger charge is -2.91. The van der Waals surface area contributed by atoms with Gasteiger partial charge in [0.1, 0.15) is 0 Å². The van der Waals surface area contributed by atoms with Gasteiger partial charge in [0, 0.05) is 22.4 Å². The third-order valence-electron chi connectivity index (χ3n) is 13.9. The molecule has 4 fully saturated rings. The first-order valence-corrected chi connectivity index (χ1v) is 19.3. The molecule has 2 unspecified atom stereocenters. The summed E-state index contributed by atoms with van der Waals surface area (Å²) in [5.74, 6) is 2.94. The molecular formula is C49H55N. The zero-order valence-corrected chi connectivity index (χ0v) is 31.8. The van der Waals surface area contributed by atoms with Crippen LogP contribution in [0.2, 0.25) is 0 Å². The molecule has 0 aliphatic heterocycles. The summed E-state index contributed by atoms with van der Waals surface area (Å²) >= 11 is 0. The molecule has 0 heterocycles. The van der Waals surface area contributed by atoms with Crippen molar-refractivity contribution in [3.8, 4) is 11.1 Å². The number of anilines is 3. The smallest absolute Gasteiger partial charge is 0.0540 e. The third-order valence-corrected chi connectivity index (χ3v) is 13.9. The van der Waals surface area contributed by atoms with Crippen LogP contribution in [0.3, 0.4) is 0 Å². The lowest BCUT2D eigenvalue weighted by atomic mass is 9.12. The minimum Gasteiger partial charge on any atom is -0.310 e. The molecule has 0 radical (unpaired) electrons. The zero-order chi connectivity index (χ0) is 35.0. The van der Waals surface area contributed by atoms with Crippen LogP contribution in [0, 0.1) is 23.2 Å². The normalized spacial score (nSPS) is 26.5. The Hall–Kier alpha value is -3.84. The maximum absolute atomic E-state index is 2.55. The SMILES string of the molecule is CC(C)(C)c1ccc(N(c2cc(C(C)(C)C)cc(C(C)(C)C)c2)c2ccccc2-c2cccc3cccc(C45CC6CC7CC(C4)C765)c23)cc1. The number of benzene rings is 5. The van der Waals surface area contributed by atoms with Gasteiger partial charge in [-0.05, 0) is 134 Å². The topological polar surface area (TPSA) is 3.24 Å². The molecule has 0 amide bonds. The molecule has 1 nitrogen and oxygen atoms in total. The van der Waals surface area contributed by atoms with Gasteiger partial charge in [-0.15, -0.1) is 0 Å². The fourth-order valence-corrected chi connectivity index (χ4v) is 11.4. The maximum atomic E-state index is 2.55. The highest BCUT2D eigenvalue weighted by Crippen LogP contribution is 2.93. The molecule has 0 N–H and O–H groups in total. The van der Waals surface area contributed by atoms with Crippen LogP contribution in [-0.2, 0) is 21.7 Å². The number of hydrogen-bond donors (Lipinski definition) is 0. The summed E-state index contributed by atoms with van der Waals surface area (Å²) in [6, 6.07) is 40.2. The van der Waals surface area contributed by atoms with Crippen molar-refractivity contribution in [2.75, 3.05) is 4.90 Å². The highest BCUT2D eigenvalue weighted by Gasteiger charge is 2.87. The zero-order valence-electron chi connectivity index (χ0n) is 31.8. The van der Waals surface area contributed by atoms with Crippen molar-refractivity contribution >= 4 is 27.8 Å². The van der Waals surface area contributed by atoms with Crippen LogP contribution >= 0.6 is 0 Å². The average molecular weight is 658 g/mol. The summed E-state index contributed by atoms with van der Waals surface area (Å²) in [4.78, 5) is 2.55. The predicted molar refractivity (Wildman–Crippen MR) is 213 cm³/mol. The molecule has 0 bridgehead atoms. The predicted octanol–water partition coefficient (Wildman–Crippen LogP) is 13.6. The van der Waals surface area contributed by atoms with Crippen molar-refractivity contribution in [2.45, 2.75) is 110 Å². The Bertz CT molecular complexity index is 2080. The van der Waals surface area contributed by atoms with Crippen molar-refractivity contribution in [3.63, 3.8) is 0 Å². The van der Waals surface area contributed by atoms with E-state index in [9.17, 15) is 0 Å². The van der Waals surface area contributed by atoms with Gasteiger partial charge in [0.05, 0.1) is 5.69 Å². The van der Waals surface area contributed by atoms with Gasteiger partial charge in [-0.3, -0.25) is 0 Å². The Kier molecular flexibility index (Phi) is 6.66. The second kappa shape index (κ2) is 10.4. The summed E-state index contributed by atoms with van der Waals surface area (Å²) in [6.07, 6.45) is 5.78. The molecule has 256 valence electrons. The van der Waals surface area contributed by atoms with Crippen molar-refractivity contribution in [1.29, 1.82) is 0 Å². The molecule has 0 saturated heterocycles. The van der Waals surface area contributed by atoms with E-state index in [2.05, 4.69) is 170 Å². The summed E-state index contributed by atoms with van der Waals surface area (Å²) < 4.78 is 0. The van der Waals surface area contributed by atoms with Gasteiger partial charge in [-0.25, -0.2) is 0 Å². The van der Waals surface area contributed by atoms with E-state index in [0.29, 0.717) is 10.8 Å². The standard InChI is InChI=1S/C49H55N/c1-45(2,3)32-20-22-38(23-21-32)50(39-27-33(46(4,5)6)24-34(28-39)47(7,8)9)43-19-11-10-16-40(43)41-17-12-14-31-15-13-18-42(44(31)41)48-29-36-25-35-26-37(30-48)49(35,36)48/h10-24,27-28,35-37H,25-26,29-30H2,1-9H3. The summed E-state index contributed by atoms with van der Waals surface area (Å²) in [5, 5.41) is 2.88. The second-order valence-electron chi connectivity index (χ2n) is 19.6. The molecule has 5 aromatic rings. The largest absolute Gasteiger partial charge is 0.310 e. The van der Waals surface area contributed by atoms with Gasteiger partial charge in [0.25, 0.3) is 0 Å². The summed E-state index contributed by atoms with van der Waals surface area (Å²) in [6.45, 7) is 21.0. The van der Waals surface area contributed by atoms with Gasteiger partial charge in [-0.2, -0.15) is 0 Å². The lowest BCUT2D eigenvalue weighted by molar-refractivity contribution is -0.394. The molecule has 50 heavy (non-hydrogen) atoms. The quantitative estimate of drug-likeness (QED) is 0.182. The van der Waals surface area contributed by atoms with Crippen LogP contribution in [-0.4, -0.2) is 0 Å². The van der Waals surface area contributed by atoms with Crippen molar-refractivity contribution < 1.29 is 0 Å². The van der Waals surface area contributed by atoms with Crippen molar-refractivity contribution in [3.05, 3.63) is 125 Å². The number of rotatable bonds is 5. The van der Waals surface area contributed by atoms with Crippen LogP contribution < -0.4 is 4.90 Å². The highest BCUT2D eigenvalue weighted by molar-refractivity contribution is 6.04. The average Bonchev–Trinajstić information content (AvgIpc) is 3.02. The van der Waals surface area contributed by atoms with Crippen molar-refractivity contribution in [1.82, 2.24) is 0 Å². The number of para-hydroxylation sites is 1. The van der Waals surface area contributed by atoms with Crippen LogP contribution in [0.4, 0.5) is 17.1 Å². The Morgan fingerprint density at radius 3 is 1.64 bits per heavy atom. The highest BCUT2D eigenvalue weighted by atomic mass is 15.1. The Morgan fingerprint density at radius 1 is 0.520 bits per heavy atom. The molecular weight excluding hydrogens is 603 g/mol. The Morgan fingerprint density at radius 2 is 1.08 bits per heavy atom. The molecule has 4 saturated carbocycles. The van der Waals surface area contributed by atoms with E-state index in [1.807, 2.05) is 0 Å². The first-order valence-electron chi connectivity index (χ1n) is 19.3. The van der Waals surface area contributed by atoms with E-state index in [0.717, 1.165) is 17.8 Å². The van der Waals surface area contributed by atoms with E-state index in [1.165, 1.54) is 81.3 Å². The summed E-state index contributed by atoms with van der Waals surface area (Å²) in [5.41, 5.74) is 13.2. The number of hydrogen-bond acceptors (Lipinski definition) is 1. The van der Waals surface area contributed by atoms with Crippen LogP contribution in [0.15, 0.2) is 103 Å². The van der Waals surface area contributed by atoms with Crippen LogP contribution in [0.25, 0.3) is 21.9 Å². The summed E-state index contributed by atoms with van der Waals surface area (Å²) in [7, 11) is 0. The van der Waals surface area contributed by atoms with E-state index < -0.39 is 0 Å². The van der Waals surface area contributed by atoms with Gasteiger partial charge in [0.2, 0.25) is 0 Å². The number of nitrogens with zero attached hydrogens (tertiary/aromatic N) is 1. The number of fused-ring (bicyclic) bond motifs is 1. The van der Waals surface area contributed by atoms with E-state index in [4.69, 9.17) is 0 Å². The maximum Gasteiger partial charge on any atom is 0.0540 e. The molecule has 5 aromatic carbocycles. The van der Waals surface area contributed by atoms with Gasteiger partial charge in [-0.1, -0.05) is 135 Å². The van der Waals surface area contributed by atoms with Gasteiger partial charge < -0.3 is 4.90 Å². The molecule has 1 spiro atoms. The van der Waals surface area contributed by atoms with E-state index in [-0.39, 0.29) is 16.2 Å². The van der Waals surface area contributed by atoms with E-state index >= 15 is 0 Å². The first-order chi connectivity index (χ1) is 23.6. The Balaban J connectivity index is 1.28. The third kappa shape index (κ3) is 4.31. The minimum atomic E-state index is 0.0166. The van der Waals surface area contributed by atoms with Crippen molar-refractivity contribution in [2.24, 2.45) is 23.2 Å². The molecule has 0 aromatic heterocycles. The van der Waals surface area contributed by atoms with Crippen LogP contribution in [0.1, 0.15) is 110 Å².